The summed E-state index contributed by atoms with van der Waals surface area (Å²) in [5.74, 6) is -1.26. The number of carbonyl (C=O) groups excluding carboxylic acids is 1. The summed E-state index contributed by atoms with van der Waals surface area (Å²) in [6.07, 6.45) is -8.01. The highest BCUT2D eigenvalue weighted by molar-refractivity contribution is 6.03. The molecule has 2 aromatic carbocycles. The van der Waals surface area contributed by atoms with E-state index in [9.17, 15) is 39.9 Å². The Kier molecular flexibility index (Phi) is 6.24. The van der Waals surface area contributed by atoms with Gasteiger partial charge in [-0.15, -0.1) is 10.2 Å². The van der Waals surface area contributed by atoms with Crippen molar-refractivity contribution in [3.05, 3.63) is 71.7 Å². The van der Waals surface area contributed by atoms with E-state index in [2.05, 4.69) is 19.9 Å². The molecule has 15 heteroatoms. The third kappa shape index (κ3) is 5.18. The van der Waals surface area contributed by atoms with Gasteiger partial charge in [-0.3, -0.25) is 14.2 Å². The van der Waals surface area contributed by atoms with Crippen LogP contribution in [0.4, 0.5) is 40.8 Å². The fourth-order valence-electron chi connectivity index (χ4n) is 3.20. The molecule has 0 aliphatic carbocycles. The van der Waals surface area contributed by atoms with Gasteiger partial charge in [0.1, 0.15) is 11.4 Å². The second-order valence-electron chi connectivity index (χ2n) is 7.16. The van der Waals surface area contributed by atoms with Gasteiger partial charge in [0.25, 0.3) is 5.91 Å². The summed E-state index contributed by atoms with van der Waals surface area (Å²) in [5.41, 5.74) is -4.01. The number of ether oxygens (including phenoxy) is 1. The predicted molar refractivity (Wildman–Crippen MR) is 107 cm³/mol. The van der Waals surface area contributed by atoms with Crippen LogP contribution in [-0.2, 0) is 12.4 Å². The normalized spacial score (nSPS) is 12.2. The number of hydrogen-bond acceptors (Lipinski definition) is 5. The first-order valence-corrected chi connectivity index (χ1v) is 9.68. The van der Waals surface area contributed by atoms with Crippen LogP contribution < -0.4 is 10.1 Å². The van der Waals surface area contributed by atoms with Crippen molar-refractivity contribution in [2.75, 3.05) is 5.32 Å². The maximum Gasteiger partial charge on any atom is 0.416 e. The van der Waals surface area contributed by atoms with Gasteiger partial charge < -0.3 is 10.1 Å². The third-order valence-corrected chi connectivity index (χ3v) is 4.73. The number of nitrogens with zero attached hydrogens (tertiary/aromatic N) is 4. The molecule has 0 spiro atoms. The van der Waals surface area contributed by atoms with Crippen LogP contribution in [0.2, 0.25) is 0 Å². The van der Waals surface area contributed by atoms with Crippen molar-refractivity contribution in [1.82, 2.24) is 19.6 Å². The molecular weight excluding hydrogens is 506 g/mol. The molecule has 0 bridgehead atoms. The smallest absolute Gasteiger partial charge is 0.416 e. The van der Waals surface area contributed by atoms with Crippen molar-refractivity contribution in [1.29, 1.82) is 0 Å². The Bertz CT molecular complexity index is 1380. The SMILES string of the molecule is O=C(Nc1cc(C(F)(F)F)cc(C(F)(F)F)c1)c1cncc2nnc(-c3ccc(OC(F)F)cc3)n12. The lowest BCUT2D eigenvalue weighted by molar-refractivity contribution is -0.143. The van der Waals surface area contributed by atoms with Gasteiger partial charge in [0.15, 0.2) is 11.5 Å². The van der Waals surface area contributed by atoms with Crippen LogP contribution in [0.3, 0.4) is 0 Å². The van der Waals surface area contributed by atoms with Crippen molar-refractivity contribution in [3.63, 3.8) is 0 Å². The highest BCUT2D eigenvalue weighted by Gasteiger charge is 2.37. The maximum absolute atomic E-state index is 13.1. The molecule has 188 valence electrons. The zero-order valence-corrected chi connectivity index (χ0v) is 17.4. The summed E-state index contributed by atoms with van der Waals surface area (Å²) in [6.45, 7) is -3.06. The van der Waals surface area contributed by atoms with Gasteiger partial charge in [-0.05, 0) is 42.5 Å². The maximum atomic E-state index is 13.1. The summed E-state index contributed by atoms with van der Waals surface area (Å²) in [6, 6.07) is 5.70. The van der Waals surface area contributed by atoms with Crippen molar-refractivity contribution in [2.45, 2.75) is 19.0 Å². The first-order valence-electron chi connectivity index (χ1n) is 9.68. The molecule has 2 aromatic heterocycles. The highest BCUT2D eigenvalue weighted by Crippen LogP contribution is 2.37. The number of carbonyl (C=O) groups is 1. The van der Waals surface area contributed by atoms with Crippen LogP contribution >= 0.6 is 0 Å². The number of alkyl halides is 8. The number of fused-ring (bicyclic) bond motifs is 1. The Balaban J connectivity index is 1.73. The lowest BCUT2D eigenvalue weighted by Gasteiger charge is -2.15. The van der Waals surface area contributed by atoms with E-state index in [1.165, 1.54) is 30.5 Å². The van der Waals surface area contributed by atoms with Gasteiger partial charge >= 0.3 is 19.0 Å². The molecule has 4 aromatic rings. The van der Waals surface area contributed by atoms with Crippen molar-refractivity contribution in [3.8, 4) is 17.1 Å². The minimum Gasteiger partial charge on any atom is -0.435 e. The second-order valence-corrected chi connectivity index (χ2v) is 7.16. The fraction of sp³-hybridized carbons (Fsp3) is 0.143. The Labute approximate surface area is 195 Å². The van der Waals surface area contributed by atoms with Crippen LogP contribution in [-0.4, -0.2) is 32.1 Å². The Morgan fingerprint density at radius 2 is 1.50 bits per heavy atom. The average Bonchev–Trinajstić information content (AvgIpc) is 3.22. The minimum atomic E-state index is -5.11. The zero-order chi connectivity index (χ0) is 26.3. The number of halogens is 8. The summed E-state index contributed by atoms with van der Waals surface area (Å²) >= 11 is 0. The number of aromatic nitrogens is 4. The fourth-order valence-corrected chi connectivity index (χ4v) is 3.20. The summed E-state index contributed by atoms with van der Waals surface area (Å²) in [7, 11) is 0. The molecule has 1 N–H and O–H groups in total. The van der Waals surface area contributed by atoms with E-state index in [1.54, 1.807) is 0 Å². The summed E-state index contributed by atoms with van der Waals surface area (Å²) in [4.78, 5) is 16.7. The van der Waals surface area contributed by atoms with Crippen LogP contribution in [0.15, 0.2) is 54.9 Å². The van der Waals surface area contributed by atoms with Crippen LogP contribution in [0, 0.1) is 0 Å². The third-order valence-electron chi connectivity index (χ3n) is 4.73. The quantitative estimate of drug-likeness (QED) is 0.345. The first-order chi connectivity index (χ1) is 16.8. The number of anilines is 1. The molecular formula is C21H11F8N5O2. The van der Waals surface area contributed by atoms with Gasteiger partial charge in [0, 0.05) is 11.3 Å². The Morgan fingerprint density at radius 1 is 0.889 bits per heavy atom. The monoisotopic (exact) mass is 517 g/mol. The molecule has 0 unspecified atom stereocenters. The number of amides is 1. The molecule has 2 heterocycles. The van der Waals surface area contributed by atoms with E-state index in [1.807, 2.05) is 5.32 Å². The zero-order valence-electron chi connectivity index (χ0n) is 17.4. The summed E-state index contributed by atoms with van der Waals surface area (Å²) < 4.78 is 109. The van der Waals surface area contributed by atoms with Crippen LogP contribution in [0.1, 0.15) is 21.6 Å². The molecule has 0 aliphatic heterocycles. The van der Waals surface area contributed by atoms with Crippen LogP contribution in [0.5, 0.6) is 5.75 Å². The first kappa shape index (κ1) is 24.8. The van der Waals surface area contributed by atoms with Crippen LogP contribution in [0.25, 0.3) is 17.0 Å². The summed E-state index contributed by atoms with van der Waals surface area (Å²) in [5, 5.41) is 9.75. The van der Waals surface area contributed by atoms with E-state index >= 15 is 0 Å². The second kappa shape index (κ2) is 9.05. The highest BCUT2D eigenvalue weighted by atomic mass is 19.4. The topological polar surface area (TPSA) is 81.4 Å². The van der Waals surface area contributed by atoms with E-state index < -0.39 is 41.7 Å². The molecule has 1 amide bonds. The number of nitrogens with one attached hydrogen (secondary N) is 1. The van der Waals surface area contributed by atoms with Gasteiger partial charge in [-0.25, -0.2) is 0 Å². The molecule has 7 nitrogen and oxygen atoms in total. The van der Waals surface area contributed by atoms with E-state index in [0.717, 1.165) is 10.6 Å². The van der Waals surface area contributed by atoms with E-state index in [-0.39, 0.29) is 34.5 Å². The molecule has 0 saturated carbocycles. The molecule has 0 aliphatic rings. The molecule has 36 heavy (non-hydrogen) atoms. The standard InChI is InChI=1S/C21H11F8N5O2/c22-19(23)36-14-3-1-10(2-4-14)17-33-32-16-9-30-8-15(34(16)17)18(35)31-13-6-11(20(24,25)26)5-12(7-13)21(27,28)29/h1-9,19H,(H,31,35). The molecule has 0 saturated heterocycles. The van der Waals surface area contributed by atoms with Gasteiger partial charge in [-0.1, -0.05) is 0 Å². The van der Waals surface area contributed by atoms with Crippen molar-refractivity contribution >= 4 is 17.2 Å². The Morgan fingerprint density at radius 3 is 2.06 bits per heavy atom. The van der Waals surface area contributed by atoms with Crippen molar-refractivity contribution in [2.24, 2.45) is 0 Å². The minimum absolute atomic E-state index is 0.0150. The average molecular weight is 517 g/mol. The van der Waals surface area contributed by atoms with Crippen molar-refractivity contribution < 1.29 is 44.7 Å². The molecule has 0 fully saturated rings. The van der Waals surface area contributed by atoms with Gasteiger partial charge in [0.2, 0.25) is 0 Å². The largest absolute Gasteiger partial charge is 0.435 e. The van der Waals surface area contributed by atoms with E-state index in [0.29, 0.717) is 12.1 Å². The predicted octanol–water partition coefficient (Wildman–Crippen LogP) is 5.68. The molecule has 4 rings (SSSR count). The number of rotatable bonds is 5. The van der Waals surface area contributed by atoms with Gasteiger partial charge in [0.05, 0.1) is 23.5 Å². The van der Waals surface area contributed by atoms with E-state index in [4.69, 9.17) is 0 Å². The lowest BCUT2D eigenvalue weighted by atomic mass is 10.1. The number of benzene rings is 2. The molecule has 0 radical (unpaired) electrons. The molecule has 0 atom stereocenters. The lowest BCUT2D eigenvalue weighted by Crippen LogP contribution is -2.18. The number of hydrogen-bond donors (Lipinski definition) is 1. The van der Waals surface area contributed by atoms with Gasteiger partial charge in [-0.2, -0.15) is 35.1 Å². The Hall–Kier alpha value is -4.30.